The molecule has 0 saturated heterocycles. The van der Waals surface area contributed by atoms with Gasteiger partial charge in [-0.25, -0.2) is 4.98 Å². The van der Waals surface area contributed by atoms with E-state index in [0.29, 0.717) is 18.8 Å². The Balaban J connectivity index is 0.00000392. The van der Waals surface area contributed by atoms with E-state index in [1.54, 1.807) is 39.7 Å². The first-order valence-corrected chi connectivity index (χ1v) is 9.50. The molecule has 0 bridgehead atoms. The van der Waals surface area contributed by atoms with E-state index in [4.69, 9.17) is 14.2 Å². The van der Waals surface area contributed by atoms with Gasteiger partial charge in [0, 0.05) is 36.2 Å². The van der Waals surface area contributed by atoms with Crippen molar-refractivity contribution >= 4 is 41.3 Å². The summed E-state index contributed by atoms with van der Waals surface area (Å²) in [7, 11) is 6.67. The van der Waals surface area contributed by atoms with E-state index in [0.717, 1.165) is 40.1 Å². The van der Waals surface area contributed by atoms with Crippen LogP contribution in [0.3, 0.4) is 0 Å². The fourth-order valence-corrected chi connectivity index (χ4v) is 3.63. The summed E-state index contributed by atoms with van der Waals surface area (Å²) in [5.74, 6) is 2.93. The lowest BCUT2D eigenvalue weighted by Crippen LogP contribution is -2.37. The Morgan fingerprint density at radius 3 is 2.18 bits per heavy atom. The molecule has 0 aliphatic heterocycles. The number of guanidine groups is 1. The fraction of sp³-hybridized carbons (Fsp3) is 0.474. The summed E-state index contributed by atoms with van der Waals surface area (Å²) < 4.78 is 16.3. The van der Waals surface area contributed by atoms with Crippen molar-refractivity contribution in [1.82, 2.24) is 15.6 Å². The van der Waals surface area contributed by atoms with Crippen LogP contribution in [0.1, 0.15) is 21.1 Å². The highest BCUT2D eigenvalue weighted by Crippen LogP contribution is 2.34. The van der Waals surface area contributed by atoms with Crippen molar-refractivity contribution in [3.05, 3.63) is 33.3 Å². The molecule has 0 aliphatic carbocycles. The SMILES string of the molecule is CN=C(NCCc1c(OC)cc(OC)cc1OC)NCc1sc(C)nc1C.I. The number of thiazole rings is 1. The second kappa shape index (κ2) is 11.9. The van der Waals surface area contributed by atoms with Gasteiger partial charge in [-0.05, 0) is 20.3 Å². The number of aromatic nitrogens is 1. The Hall–Kier alpha value is -1.75. The van der Waals surface area contributed by atoms with Crippen LogP contribution in [-0.4, -0.2) is 45.9 Å². The molecule has 1 aromatic heterocycles. The number of methoxy groups -OCH3 is 3. The van der Waals surface area contributed by atoms with Gasteiger partial charge < -0.3 is 24.8 Å². The van der Waals surface area contributed by atoms with Crippen molar-refractivity contribution in [3.8, 4) is 17.2 Å². The number of aliphatic imine (C=N–C) groups is 1. The maximum Gasteiger partial charge on any atom is 0.191 e. The Morgan fingerprint density at radius 1 is 1.07 bits per heavy atom. The zero-order chi connectivity index (χ0) is 19.8. The average molecular weight is 520 g/mol. The normalized spacial score (nSPS) is 10.9. The topological polar surface area (TPSA) is 77.0 Å². The highest BCUT2D eigenvalue weighted by molar-refractivity contribution is 14.0. The molecule has 0 radical (unpaired) electrons. The molecule has 0 spiro atoms. The van der Waals surface area contributed by atoms with E-state index in [2.05, 4.69) is 20.6 Å². The van der Waals surface area contributed by atoms with Gasteiger partial charge in [0.15, 0.2) is 5.96 Å². The van der Waals surface area contributed by atoms with Gasteiger partial charge in [0.2, 0.25) is 0 Å². The van der Waals surface area contributed by atoms with Crippen molar-refractivity contribution in [3.63, 3.8) is 0 Å². The molecule has 9 heteroatoms. The summed E-state index contributed by atoms with van der Waals surface area (Å²) >= 11 is 1.70. The van der Waals surface area contributed by atoms with Crippen LogP contribution in [0.15, 0.2) is 17.1 Å². The summed E-state index contributed by atoms with van der Waals surface area (Å²) in [6, 6.07) is 3.72. The first kappa shape index (κ1) is 24.3. The third-order valence-electron chi connectivity index (χ3n) is 4.12. The molecule has 0 fully saturated rings. The molecule has 7 nitrogen and oxygen atoms in total. The molecule has 2 aromatic rings. The van der Waals surface area contributed by atoms with E-state index in [-0.39, 0.29) is 24.0 Å². The number of ether oxygens (including phenoxy) is 3. The summed E-state index contributed by atoms with van der Waals surface area (Å²) in [6.07, 6.45) is 0.718. The predicted octanol–water partition coefficient (Wildman–Crippen LogP) is 3.31. The molecule has 0 unspecified atom stereocenters. The minimum atomic E-state index is 0. The lowest BCUT2D eigenvalue weighted by molar-refractivity contribution is 0.368. The molecule has 0 amide bonds. The van der Waals surface area contributed by atoms with Gasteiger partial charge in [-0.2, -0.15) is 0 Å². The van der Waals surface area contributed by atoms with Crippen LogP contribution < -0.4 is 24.8 Å². The number of aryl methyl sites for hydroxylation is 2. The smallest absolute Gasteiger partial charge is 0.191 e. The minimum absolute atomic E-state index is 0. The van der Waals surface area contributed by atoms with Crippen LogP contribution in [-0.2, 0) is 13.0 Å². The number of nitrogens with zero attached hydrogens (tertiary/aromatic N) is 2. The van der Waals surface area contributed by atoms with Crippen LogP contribution >= 0.6 is 35.3 Å². The zero-order valence-electron chi connectivity index (χ0n) is 17.2. The van der Waals surface area contributed by atoms with Crippen LogP contribution in [0.4, 0.5) is 0 Å². The number of halogens is 1. The van der Waals surface area contributed by atoms with Gasteiger partial charge in [0.25, 0.3) is 0 Å². The maximum absolute atomic E-state index is 5.50. The highest BCUT2D eigenvalue weighted by atomic mass is 127. The van der Waals surface area contributed by atoms with E-state index in [9.17, 15) is 0 Å². The Labute approximate surface area is 187 Å². The van der Waals surface area contributed by atoms with Crippen molar-refractivity contribution < 1.29 is 14.2 Å². The predicted molar refractivity (Wildman–Crippen MR) is 125 cm³/mol. The minimum Gasteiger partial charge on any atom is -0.496 e. The Bertz CT molecular complexity index is 770. The zero-order valence-corrected chi connectivity index (χ0v) is 20.4. The van der Waals surface area contributed by atoms with Crippen LogP contribution in [0.5, 0.6) is 17.2 Å². The van der Waals surface area contributed by atoms with Gasteiger partial charge in [-0.15, -0.1) is 35.3 Å². The highest BCUT2D eigenvalue weighted by Gasteiger charge is 2.13. The van der Waals surface area contributed by atoms with E-state index >= 15 is 0 Å². The number of hydrogen-bond donors (Lipinski definition) is 2. The largest absolute Gasteiger partial charge is 0.496 e. The van der Waals surface area contributed by atoms with Crippen LogP contribution in [0.2, 0.25) is 0 Å². The molecule has 0 saturated carbocycles. The van der Waals surface area contributed by atoms with E-state index < -0.39 is 0 Å². The van der Waals surface area contributed by atoms with E-state index in [1.807, 2.05) is 26.0 Å². The third kappa shape index (κ3) is 6.40. The Kier molecular flexibility index (Phi) is 10.4. The maximum atomic E-state index is 5.50. The summed E-state index contributed by atoms with van der Waals surface area (Å²) in [5, 5.41) is 7.73. The van der Waals surface area contributed by atoms with Crippen LogP contribution in [0, 0.1) is 13.8 Å². The molecule has 28 heavy (non-hydrogen) atoms. The summed E-state index contributed by atoms with van der Waals surface area (Å²) in [5.41, 5.74) is 2.05. The van der Waals surface area contributed by atoms with Crippen LogP contribution in [0.25, 0.3) is 0 Å². The first-order valence-electron chi connectivity index (χ1n) is 8.68. The fourth-order valence-electron chi connectivity index (χ4n) is 2.75. The molecule has 0 atom stereocenters. The lowest BCUT2D eigenvalue weighted by Gasteiger charge is -2.16. The molecular weight excluding hydrogens is 491 g/mol. The second-order valence-electron chi connectivity index (χ2n) is 5.85. The van der Waals surface area contributed by atoms with Crippen molar-refractivity contribution in [2.24, 2.45) is 4.99 Å². The summed E-state index contributed by atoms with van der Waals surface area (Å²) in [6.45, 7) is 5.43. The van der Waals surface area contributed by atoms with Gasteiger partial charge in [0.1, 0.15) is 17.2 Å². The number of rotatable bonds is 8. The molecule has 0 aliphatic rings. The third-order valence-corrected chi connectivity index (χ3v) is 5.20. The van der Waals surface area contributed by atoms with Gasteiger partial charge >= 0.3 is 0 Å². The van der Waals surface area contributed by atoms with Gasteiger partial charge in [-0.1, -0.05) is 0 Å². The van der Waals surface area contributed by atoms with Gasteiger partial charge in [0.05, 0.1) is 38.6 Å². The number of nitrogens with one attached hydrogen (secondary N) is 2. The standard InChI is InChI=1S/C19H28N4O3S.HI/c1-12-18(27-13(2)23-12)11-22-19(20-3)21-8-7-15-16(25-5)9-14(24-4)10-17(15)26-6;/h9-10H,7-8,11H2,1-6H3,(H2,20,21,22);1H. The quantitative estimate of drug-likeness (QED) is 0.316. The Morgan fingerprint density at radius 2 is 1.71 bits per heavy atom. The molecular formula is C19H29IN4O3S. The number of hydrogen-bond acceptors (Lipinski definition) is 6. The van der Waals surface area contributed by atoms with Crippen molar-refractivity contribution in [2.45, 2.75) is 26.8 Å². The summed E-state index contributed by atoms with van der Waals surface area (Å²) in [4.78, 5) is 9.95. The monoisotopic (exact) mass is 520 g/mol. The molecule has 2 N–H and O–H groups in total. The first-order chi connectivity index (χ1) is 13.0. The second-order valence-corrected chi connectivity index (χ2v) is 7.14. The average Bonchev–Trinajstić information content (AvgIpc) is 3.01. The van der Waals surface area contributed by atoms with Crippen molar-refractivity contribution in [2.75, 3.05) is 34.9 Å². The molecule has 156 valence electrons. The van der Waals surface area contributed by atoms with E-state index in [1.165, 1.54) is 4.88 Å². The van der Waals surface area contributed by atoms with Gasteiger partial charge in [-0.3, -0.25) is 4.99 Å². The lowest BCUT2D eigenvalue weighted by atomic mass is 10.1. The molecule has 2 rings (SSSR count). The van der Waals surface area contributed by atoms with Crippen molar-refractivity contribution in [1.29, 1.82) is 0 Å². The molecule has 1 aromatic carbocycles. The number of benzene rings is 1. The molecule has 1 heterocycles.